The van der Waals surface area contributed by atoms with E-state index >= 15 is 0 Å². The van der Waals surface area contributed by atoms with Crippen LogP contribution in [0.3, 0.4) is 0 Å². The van der Waals surface area contributed by atoms with Gasteiger partial charge in [-0.05, 0) is 23.6 Å². The van der Waals surface area contributed by atoms with Gasteiger partial charge in [-0.2, -0.15) is 5.10 Å². The minimum atomic E-state index is 0.688. The third kappa shape index (κ3) is 2.64. The van der Waals surface area contributed by atoms with Gasteiger partial charge in [-0.1, -0.05) is 29.8 Å². The number of aromatic amines is 1. The topological polar surface area (TPSA) is 40.7 Å². The van der Waals surface area contributed by atoms with Gasteiger partial charge < -0.3 is 5.32 Å². The minimum Gasteiger partial charge on any atom is -0.380 e. The molecule has 0 aliphatic rings. The quantitative estimate of drug-likeness (QED) is 0.747. The first kappa shape index (κ1) is 12.3. The monoisotopic (exact) mass is 289 g/mol. The van der Waals surface area contributed by atoms with Crippen LogP contribution < -0.4 is 5.32 Å². The Bertz CT molecular complexity index is 661. The molecule has 3 rings (SSSR count). The number of hydrogen-bond donors (Lipinski definition) is 2. The molecule has 0 radical (unpaired) electrons. The summed E-state index contributed by atoms with van der Waals surface area (Å²) in [7, 11) is 0. The van der Waals surface area contributed by atoms with Crippen LogP contribution in [0.5, 0.6) is 0 Å². The number of anilines is 1. The highest BCUT2D eigenvalue weighted by atomic mass is 35.5. The number of nitrogens with one attached hydrogen (secondary N) is 2. The zero-order valence-electron chi connectivity index (χ0n) is 10.1. The molecule has 1 aromatic carbocycles. The van der Waals surface area contributed by atoms with Crippen molar-refractivity contribution < 1.29 is 0 Å². The van der Waals surface area contributed by atoms with Crippen LogP contribution in [0.2, 0.25) is 5.02 Å². The van der Waals surface area contributed by atoms with Crippen molar-refractivity contribution in [1.82, 2.24) is 10.2 Å². The lowest BCUT2D eigenvalue weighted by Gasteiger charge is -2.07. The molecular weight excluding hydrogens is 278 g/mol. The number of halogens is 1. The molecule has 0 aliphatic carbocycles. The minimum absolute atomic E-state index is 0.688. The molecule has 0 aliphatic heterocycles. The van der Waals surface area contributed by atoms with Crippen LogP contribution in [0.4, 0.5) is 5.69 Å². The molecule has 3 aromatic rings. The maximum Gasteiger partial charge on any atom is 0.107 e. The van der Waals surface area contributed by atoms with E-state index in [1.807, 2.05) is 36.5 Å². The second kappa shape index (κ2) is 5.47. The van der Waals surface area contributed by atoms with Gasteiger partial charge in [-0.3, -0.25) is 5.10 Å². The summed E-state index contributed by atoms with van der Waals surface area (Å²) < 4.78 is 0. The SMILES string of the molecule is Clc1ccccc1NCc1c[nH]nc1-c1cccs1. The molecular formula is C14H12ClN3S. The fourth-order valence-electron chi connectivity index (χ4n) is 1.87. The third-order valence-electron chi connectivity index (χ3n) is 2.82. The first-order valence-corrected chi connectivity index (χ1v) is 7.15. The van der Waals surface area contributed by atoms with Gasteiger partial charge in [0.05, 0.1) is 15.6 Å². The fraction of sp³-hybridized carbons (Fsp3) is 0.0714. The van der Waals surface area contributed by atoms with Crippen molar-refractivity contribution in [3.63, 3.8) is 0 Å². The van der Waals surface area contributed by atoms with Crippen molar-refractivity contribution in [3.05, 3.63) is 58.6 Å². The van der Waals surface area contributed by atoms with Gasteiger partial charge in [-0.25, -0.2) is 0 Å². The first-order chi connectivity index (χ1) is 9.34. The summed E-state index contributed by atoms with van der Waals surface area (Å²) >= 11 is 7.80. The average Bonchev–Trinajstić information content (AvgIpc) is 3.08. The van der Waals surface area contributed by atoms with E-state index in [-0.39, 0.29) is 0 Å². The van der Waals surface area contributed by atoms with Crippen molar-refractivity contribution in [1.29, 1.82) is 0 Å². The highest BCUT2D eigenvalue weighted by Crippen LogP contribution is 2.27. The van der Waals surface area contributed by atoms with Gasteiger partial charge in [-0.15, -0.1) is 11.3 Å². The molecule has 0 fully saturated rings. The number of rotatable bonds is 4. The van der Waals surface area contributed by atoms with Crippen molar-refractivity contribution in [2.24, 2.45) is 0 Å². The van der Waals surface area contributed by atoms with Crippen molar-refractivity contribution in [2.45, 2.75) is 6.54 Å². The maximum absolute atomic E-state index is 6.12. The third-order valence-corrected chi connectivity index (χ3v) is 4.02. The molecule has 0 amide bonds. The molecule has 3 nitrogen and oxygen atoms in total. The normalized spacial score (nSPS) is 10.6. The van der Waals surface area contributed by atoms with E-state index in [4.69, 9.17) is 11.6 Å². The summed E-state index contributed by atoms with van der Waals surface area (Å²) in [6.45, 7) is 0.688. The molecule has 2 aromatic heterocycles. The van der Waals surface area contributed by atoms with Crippen molar-refractivity contribution in [3.8, 4) is 10.6 Å². The highest BCUT2D eigenvalue weighted by Gasteiger charge is 2.09. The number of benzene rings is 1. The number of aromatic nitrogens is 2. The molecule has 0 saturated carbocycles. The Morgan fingerprint density at radius 3 is 2.89 bits per heavy atom. The molecule has 0 unspecified atom stereocenters. The molecule has 0 atom stereocenters. The molecule has 0 spiro atoms. The number of hydrogen-bond acceptors (Lipinski definition) is 3. The zero-order chi connectivity index (χ0) is 13.1. The Hall–Kier alpha value is -1.78. The van der Waals surface area contributed by atoms with Crippen LogP contribution >= 0.6 is 22.9 Å². The lowest BCUT2D eigenvalue weighted by molar-refractivity contribution is 1.10. The predicted molar refractivity (Wildman–Crippen MR) is 80.7 cm³/mol. The van der Waals surface area contributed by atoms with Crippen molar-refractivity contribution in [2.75, 3.05) is 5.32 Å². The van der Waals surface area contributed by atoms with Crippen molar-refractivity contribution >= 4 is 28.6 Å². The van der Waals surface area contributed by atoms with E-state index in [2.05, 4.69) is 27.0 Å². The Balaban J connectivity index is 1.78. The maximum atomic E-state index is 6.12. The van der Waals surface area contributed by atoms with E-state index in [1.54, 1.807) is 11.3 Å². The summed E-state index contributed by atoms with van der Waals surface area (Å²) in [6, 6.07) is 11.8. The van der Waals surface area contributed by atoms with Gasteiger partial charge in [0.15, 0.2) is 0 Å². The highest BCUT2D eigenvalue weighted by molar-refractivity contribution is 7.13. The second-order valence-corrected chi connectivity index (χ2v) is 5.42. The molecule has 0 bridgehead atoms. The second-order valence-electron chi connectivity index (χ2n) is 4.07. The Morgan fingerprint density at radius 2 is 2.11 bits per heavy atom. The Kier molecular flexibility index (Phi) is 3.53. The van der Waals surface area contributed by atoms with Crippen LogP contribution in [0.25, 0.3) is 10.6 Å². The van der Waals surface area contributed by atoms with Crippen LogP contribution in [0.15, 0.2) is 48.0 Å². The van der Waals surface area contributed by atoms with Crippen LogP contribution in [0.1, 0.15) is 5.56 Å². The van der Waals surface area contributed by atoms with Gasteiger partial charge in [0, 0.05) is 18.3 Å². The molecule has 0 saturated heterocycles. The summed E-state index contributed by atoms with van der Waals surface area (Å²) in [4.78, 5) is 1.16. The molecule has 19 heavy (non-hydrogen) atoms. The van der Waals surface area contributed by atoms with E-state index in [9.17, 15) is 0 Å². The van der Waals surface area contributed by atoms with Gasteiger partial charge in [0.1, 0.15) is 5.69 Å². The average molecular weight is 290 g/mol. The lowest BCUT2D eigenvalue weighted by atomic mass is 10.2. The predicted octanol–water partition coefficient (Wildman–Crippen LogP) is 4.40. The summed E-state index contributed by atoms with van der Waals surface area (Å²) in [5, 5.41) is 13.3. The summed E-state index contributed by atoms with van der Waals surface area (Å²) in [5.74, 6) is 0. The van der Waals surface area contributed by atoms with Crippen LogP contribution in [-0.4, -0.2) is 10.2 Å². The smallest absolute Gasteiger partial charge is 0.107 e. The number of thiophene rings is 1. The molecule has 96 valence electrons. The largest absolute Gasteiger partial charge is 0.380 e. The van der Waals surface area contributed by atoms with E-state index in [0.717, 1.165) is 26.8 Å². The van der Waals surface area contributed by atoms with Crippen LogP contribution in [0, 0.1) is 0 Å². The molecule has 2 heterocycles. The van der Waals surface area contributed by atoms with Gasteiger partial charge in [0.2, 0.25) is 0 Å². The Labute approximate surface area is 120 Å². The van der Waals surface area contributed by atoms with E-state index < -0.39 is 0 Å². The van der Waals surface area contributed by atoms with Crippen LogP contribution in [-0.2, 0) is 6.54 Å². The number of para-hydroxylation sites is 1. The van der Waals surface area contributed by atoms with E-state index in [0.29, 0.717) is 6.54 Å². The van der Waals surface area contributed by atoms with E-state index in [1.165, 1.54) is 0 Å². The number of H-pyrrole nitrogens is 1. The fourth-order valence-corrected chi connectivity index (χ4v) is 2.82. The van der Waals surface area contributed by atoms with Gasteiger partial charge >= 0.3 is 0 Å². The first-order valence-electron chi connectivity index (χ1n) is 5.89. The Morgan fingerprint density at radius 1 is 1.21 bits per heavy atom. The zero-order valence-corrected chi connectivity index (χ0v) is 11.6. The molecule has 5 heteroatoms. The number of nitrogens with zero attached hydrogens (tertiary/aromatic N) is 1. The van der Waals surface area contributed by atoms with Gasteiger partial charge in [0.25, 0.3) is 0 Å². The standard InChI is InChI=1S/C14H12ClN3S/c15-11-4-1-2-5-12(11)16-8-10-9-17-18-14(10)13-6-3-7-19-13/h1-7,9,16H,8H2,(H,17,18). The lowest BCUT2D eigenvalue weighted by Crippen LogP contribution is -2.00. The summed E-state index contributed by atoms with van der Waals surface area (Å²) in [5.41, 5.74) is 3.06. The summed E-state index contributed by atoms with van der Waals surface area (Å²) in [6.07, 6.45) is 1.92. The molecule has 2 N–H and O–H groups in total.